The first-order chi connectivity index (χ1) is 21.5. The Labute approximate surface area is 266 Å². The molecule has 1 saturated carbocycles. The summed E-state index contributed by atoms with van der Waals surface area (Å²) in [4.78, 5) is 23.9. The number of imidazole rings is 1. The minimum atomic E-state index is -0.334. The van der Waals surface area contributed by atoms with Gasteiger partial charge in [0, 0.05) is 36.2 Å². The molecule has 4 heterocycles. The summed E-state index contributed by atoms with van der Waals surface area (Å²) in [7, 11) is 0. The average molecular weight is 607 g/mol. The molecule has 3 aromatic carbocycles. The van der Waals surface area contributed by atoms with Crippen LogP contribution in [0.1, 0.15) is 80.8 Å². The number of hydrogen-bond donors (Lipinski definition) is 0. The first-order valence-electron chi connectivity index (χ1n) is 16.8. The maximum atomic E-state index is 13.9. The first-order valence-corrected chi connectivity index (χ1v) is 17.1. The normalized spacial score (nSPS) is 25.8. The lowest BCUT2D eigenvalue weighted by atomic mass is 9.70. The Bertz CT molecular complexity index is 1640. The van der Waals surface area contributed by atoms with Crippen molar-refractivity contribution in [3.63, 3.8) is 0 Å². The van der Waals surface area contributed by atoms with Crippen molar-refractivity contribution in [2.24, 2.45) is 0 Å². The minimum absolute atomic E-state index is 0.114. The van der Waals surface area contributed by atoms with Crippen molar-refractivity contribution < 1.29 is 4.79 Å². The number of likely N-dealkylation sites (tertiary alicyclic amines) is 1. The molecule has 0 N–H and O–H groups in total. The largest absolute Gasteiger partial charge is 0.342 e. The number of aromatic nitrogens is 2. The van der Waals surface area contributed by atoms with Gasteiger partial charge in [-0.25, -0.2) is 4.98 Å². The van der Waals surface area contributed by atoms with Gasteiger partial charge in [0.05, 0.1) is 16.4 Å². The van der Waals surface area contributed by atoms with Crippen LogP contribution in [-0.4, -0.2) is 57.0 Å². The molecule has 0 radical (unpaired) electrons. The van der Waals surface area contributed by atoms with Gasteiger partial charge in [0.1, 0.15) is 5.82 Å². The molecule has 1 amide bonds. The van der Waals surface area contributed by atoms with Crippen LogP contribution in [0.4, 0.5) is 0 Å². The number of amides is 1. The number of fused-ring (bicyclic) bond motifs is 3. The lowest BCUT2D eigenvalue weighted by Crippen LogP contribution is -2.50. The van der Waals surface area contributed by atoms with Crippen molar-refractivity contribution in [2.45, 2.75) is 93.7 Å². The van der Waals surface area contributed by atoms with E-state index in [2.05, 4.69) is 88.0 Å². The van der Waals surface area contributed by atoms with E-state index < -0.39 is 0 Å². The van der Waals surface area contributed by atoms with Gasteiger partial charge in [0.15, 0.2) is 0 Å². The standard InChI is InChI=1S/C38H43ClN4O/c1-27-40-34-9-5-6-10-35(34)43(27)33-25-31-15-16-32(26-33)42(31)24-21-37(28-7-3-2-4-8-28)19-22-41(23-20-37)36(44)38(17-18-38)29-11-13-30(39)14-12-29/h2-14,31-33H,15-26H2,1H3/t31-,32+,33+. The summed E-state index contributed by atoms with van der Waals surface area (Å²) in [6.07, 6.45) is 10.2. The summed E-state index contributed by atoms with van der Waals surface area (Å²) in [6, 6.07) is 29.6. The fourth-order valence-electron chi connectivity index (χ4n) is 9.23. The molecule has 1 aliphatic carbocycles. The Kier molecular flexibility index (Phi) is 7.10. The molecule has 4 aromatic rings. The van der Waals surface area contributed by atoms with E-state index in [0.717, 1.165) is 73.7 Å². The van der Waals surface area contributed by atoms with E-state index in [1.54, 1.807) is 0 Å². The predicted molar refractivity (Wildman–Crippen MR) is 177 cm³/mol. The molecule has 8 rings (SSSR count). The third kappa shape index (κ3) is 4.79. The summed E-state index contributed by atoms with van der Waals surface area (Å²) in [6.45, 7) is 4.99. The number of hydrogen-bond acceptors (Lipinski definition) is 3. The maximum absolute atomic E-state index is 13.9. The highest BCUT2D eigenvalue weighted by Gasteiger charge is 2.54. The van der Waals surface area contributed by atoms with Crippen LogP contribution < -0.4 is 0 Å². The van der Waals surface area contributed by atoms with Crippen molar-refractivity contribution in [3.05, 3.63) is 101 Å². The second-order valence-corrected chi connectivity index (χ2v) is 14.5. The smallest absolute Gasteiger partial charge is 0.233 e. The molecule has 3 atom stereocenters. The molecule has 0 spiro atoms. The maximum Gasteiger partial charge on any atom is 0.233 e. The minimum Gasteiger partial charge on any atom is -0.342 e. The van der Waals surface area contributed by atoms with E-state index in [0.29, 0.717) is 24.0 Å². The zero-order valence-corrected chi connectivity index (χ0v) is 26.6. The first kappa shape index (κ1) is 28.3. The summed E-state index contributed by atoms with van der Waals surface area (Å²) in [5, 5.41) is 0.727. The zero-order valence-electron chi connectivity index (χ0n) is 25.8. The van der Waals surface area contributed by atoms with E-state index >= 15 is 0 Å². The van der Waals surface area contributed by atoms with Gasteiger partial charge in [-0.1, -0.05) is 66.2 Å². The number of benzene rings is 3. The number of piperidine rings is 2. The molecule has 4 aliphatic rings. The fourth-order valence-corrected chi connectivity index (χ4v) is 9.35. The Morgan fingerprint density at radius 1 is 0.818 bits per heavy atom. The van der Waals surface area contributed by atoms with Crippen LogP contribution in [0.5, 0.6) is 0 Å². The number of rotatable bonds is 7. The van der Waals surface area contributed by atoms with Crippen molar-refractivity contribution in [1.82, 2.24) is 19.4 Å². The second-order valence-electron chi connectivity index (χ2n) is 14.0. The third-order valence-electron chi connectivity index (χ3n) is 11.8. The Balaban J connectivity index is 0.973. The van der Waals surface area contributed by atoms with Crippen molar-refractivity contribution >= 4 is 28.5 Å². The van der Waals surface area contributed by atoms with E-state index in [1.165, 1.54) is 36.8 Å². The second kappa shape index (κ2) is 11.0. The lowest BCUT2D eigenvalue weighted by Gasteiger charge is -2.46. The van der Waals surface area contributed by atoms with Crippen LogP contribution in [0.25, 0.3) is 11.0 Å². The number of carbonyl (C=O) groups excluding carboxylic acids is 1. The molecular formula is C38H43ClN4O. The van der Waals surface area contributed by atoms with Crippen LogP contribution in [0.3, 0.4) is 0 Å². The Morgan fingerprint density at radius 2 is 1.48 bits per heavy atom. The monoisotopic (exact) mass is 606 g/mol. The van der Waals surface area contributed by atoms with Gasteiger partial charge in [0.2, 0.25) is 5.91 Å². The Hall–Kier alpha value is -3.15. The highest BCUT2D eigenvalue weighted by atomic mass is 35.5. The molecule has 3 aliphatic heterocycles. The molecule has 1 aromatic heterocycles. The molecule has 6 heteroatoms. The molecule has 3 saturated heterocycles. The molecular weight excluding hydrogens is 564 g/mol. The van der Waals surface area contributed by atoms with Crippen LogP contribution >= 0.6 is 11.6 Å². The van der Waals surface area contributed by atoms with Crippen molar-refractivity contribution in [3.8, 4) is 0 Å². The van der Waals surface area contributed by atoms with E-state index in [9.17, 15) is 4.79 Å². The molecule has 228 valence electrons. The number of aryl methyl sites for hydroxylation is 1. The third-order valence-corrected chi connectivity index (χ3v) is 12.0. The van der Waals surface area contributed by atoms with Gasteiger partial charge >= 0.3 is 0 Å². The summed E-state index contributed by atoms with van der Waals surface area (Å²) < 4.78 is 2.53. The zero-order chi connectivity index (χ0) is 29.9. The van der Waals surface area contributed by atoms with Crippen LogP contribution in [-0.2, 0) is 15.6 Å². The van der Waals surface area contributed by atoms with Crippen molar-refractivity contribution in [1.29, 1.82) is 0 Å². The van der Waals surface area contributed by atoms with Gasteiger partial charge in [-0.2, -0.15) is 0 Å². The van der Waals surface area contributed by atoms with Gasteiger partial charge in [0.25, 0.3) is 0 Å². The summed E-state index contributed by atoms with van der Waals surface area (Å²) in [5.41, 5.74) is 4.77. The van der Waals surface area contributed by atoms with E-state index in [1.807, 2.05) is 12.1 Å². The summed E-state index contributed by atoms with van der Waals surface area (Å²) >= 11 is 6.16. The van der Waals surface area contributed by atoms with Gasteiger partial charge < -0.3 is 9.47 Å². The fraction of sp³-hybridized carbons (Fsp3) is 0.474. The summed E-state index contributed by atoms with van der Waals surface area (Å²) in [5.74, 6) is 1.47. The predicted octanol–water partition coefficient (Wildman–Crippen LogP) is 7.85. The Morgan fingerprint density at radius 3 is 2.16 bits per heavy atom. The van der Waals surface area contributed by atoms with Crippen molar-refractivity contribution in [2.75, 3.05) is 19.6 Å². The van der Waals surface area contributed by atoms with E-state index in [-0.39, 0.29) is 10.8 Å². The highest BCUT2D eigenvalue weighted by molar-refractivity contribution is 6.30. The van der Waals surface area contributed by atoms with Crippen LogP contribution in [0.2, 0.25) is 5.02 Å². The number of carbonyl (C=O) groups is 1. The number of para-hydroxylation sites is 2. The van der Waals surface area contributed by atoms with E-state index in [4.69, 9.17) is 16.6 Å². The number of nitrogens with zero attached hydrogens (tertiary/aromatic N) is 4. The number of halogens is 1. The molecule has 4 fully saturated rings. The van der Waals surface area contributed by atoms with Gasteiger partial charge in [-0.05, 0) is 112 Å². The molecule has 2 bridgehead atoms. The van der Waals surface area contributed by atoms with Gasteiger partial charge in [-0.15, -0.1) is 0 Å². The van der Waals surface area contributed by atoms with Crippen LogP contribution in [0.15, 0.2) is 78.9 Å². The lowest BCUT2D eigenvalue weighted by molar-refractivity contribution is -0.135. The molecule has 5 nitrogen and oxygen atoms in total. The quantitative estimate of drug-likeness (QED) is 0.215. The van der Waals surface area contributed by atoms with Gasteiger partial charge in [-0.3, -0.25) is 9.69 Å². The molecule has 0 unspecified atom stereocenters. The average Bonchev–Trinajstić information content (AvgIpc) is 3.74. The topological polar surface area (TPSA) is 41.4 Å². The molecule has 44 heavy (non-hydrogen) atoms. The highest BCUT2D eigenvalue weighted by Crippen LogP contribution is 2.51. The SMILES string of the molecule is Cc1nc2ccccc2n1[C@H]1C[C@H]2CC[C@@H](C1)N2CCC1(c2ccccc2)CCN(C(=O)C2(c3ccc(Cl)cc3)CC2)CC1. The van der Waals surface area contributed by atoms with Crippen LogP contribution in [0, 0.1) is 6.92 Å².